The molecule has 0 aliphatic carbocycles. The molecule has 1 aliphatic rings. The van der Waals surface area contributed by atoms with Gasteiger partial charge in [-0.25, -0.2) is 0 Å². The molecule has 0 saturated carbocycles. The molecule has 1 unspecified atom stereocenters. The number of allylic oxidation sites excluding steroid dienone is 2. The number of anilines is 1. The SMILES string of the molecule is CC(C)=CCC1CCN(c2ccccc2O)C1=O. The number of hydrogen-bond acceptors (Lipinski definition) is 2. The summed E-state index contributed by atoms with van der Waals surface area (Å²) in [6, 6.07) is 7.01. The van der Waals surface area contributed by atoms with E-state index in [9.17, 15) is 9.90 Å². The molecule has 3 nitrogen and oxygen atoms in total. The predicted octanol–water partition coefficient (Wildman–Crippen LogP) is 3.10. The van der Waals surface area contributed by atoms with Gasteiger partial charge in [0.2, 0.25) is 5.91 Å². The summed E-state index contributed by atoms with van der Waals surface area (Å²) in [5.74, 6) is 0.349. The van der Waals surface area contributed by atoms with Gasteiger partial charge < -0.3 is 10.0 Å². The number of aromatic hydroxyl groups is 1. The molecule has 2 rings (SSSR count). The normalized spacial score (nSPS) is 19.1. The summed E-state index contributed by atoms with van der Waals surface area (Å²) in [7, 11) is 0. The number of phenols is 1. The number of rotatable bonds is 3. The second-order valence-corrected chi connectivity index (χ2v) is 4.98. The first kappa shape index (κ1) is 12.7. The van der Waals surface area contributed by atoms with Gasteiger partial charge in [0.1, 0.15) is 5.75 Å². The fourth-order valence-electron chi connectivity index (χ4n) is 2.27. The Morgan fingerprint density at radius 3 is 2.83 bits per heavy atom. The van der Waals surface area contributed by atoms with Crippen LogP contribution in [-0.2, 0) is 4.79 Å². The van der Waals surface area contributed by atoms with Crippen molar-refractivity contribution in [2.45, 2.75) is 26.7 Å². The van der Waals surface area contributed by atoms with Crippen LogP contribution in [0.25, 0.3) is 0 Å². The van der Waals surface area contributed by atoms with Crippen LogP contribution in [0.5, 0.6) is 5.75 Å². The first-order valence-corrected chi connectivity index (χ1v) is 6.32. The largest absolute Gasteiger partial charge is 0.506 e. The van der Waals surface area contributed by atoms with E-state index < -0.39 is 0 Å². The number of carbonyl (C=O) groups is 1. The number of benzene rings is 1. The number of nitrogens with zero attached hydrogens (tertiary/aromatic N) is 1. The Kier molecular flexibility index (Phi) is 3.70. The van der Waals surface area contributed by atoms with E-state index in [-0.39, 0.29) is 17.6 Å². The smallest absolute Gasteiger partial charge is 0.230 e. The summed E-state index contributed by atoms with van der Waals surface area (Å²) < 4.78 is 0. The minimum atomic E-state index is 0.0551. The molecule has 1 saturated heterocycles. The maximum absolute atomic E-state index is 12.3. The monoisotopic (exact) mass is 245 g/mol. The van der Waals surface area contributed by atoms with E-state index in [2.05, 4.69) is 6.08 Å². The molecule has 0 radical (unpaired) electrons. The van der Waals surface area contributed by atoms with Gasteiger partial charge in [-0.15, -0.1) is 0 Å². The molecule has 96 valence electrons. The van der Waals surface area contributed by atoms with E-state index in [1.54, 1.807) is 23.1 Å². The van der Waals surface area contributed by atoms with E-state index in [4.69, 9.17) is 0 Å². The van der Waals surface area contributed by atoms with E-state index >= 15 is 0 Å². The number of amides is 1. The Morgan fingerprint density at radius 2 is 2.17 bits per heavy atom. The van der Waals surface area contributed by atoms with Gasteiger partial charge in [-0.3, -0.25) is 4.79 Å². The van der Waals surface area contributed by atoms with Gasteiger partial charge in [0.15, 0.2) is 0 Å². The van der Waals surface area contributed by atoms with Crippen molar-refractivity contribution in [3.05, 3.63) is 35.9 Å². The lowest BCUT2D eigenvalue weighted by Gasteiger charge is -2.17. The minimum Gasteiger partial charge on any atom is -0.506 e. The van der Waals surface area contributed by atoms with E-state index in [1.165, 1.54) is 5.57 Å². The summed E-state index contributed by atoms with van der Waals surface area (Å²) in [4.78, 5) is 13.9. The van der Waals surface area contributed by atoms with Gasteiger partial charge >= 0.3 is 0 Å². The molecule has 1 N–H and O–H groups in total. The number of phenolic OH excluding ortho intramolecular Hbond substituents is 1. The maximum Gasteiger partial charge on any atom is 0.230 e. The molecule has 1 aromatic carbocycles. The third kappa shape index (κ3) is 2.55. The van der Waals surface area contributed by atoms with Crippen molar-refractivity contribution < 1.29 is 9.90 Å². The van der Waals surface area contributed by atoms with Crippen molar-refractivity contribution in [1.29, 1.82) is 0 Å². The molecule has 1 heterocycles. The summed E-state index contributed by atoms with van der Waals surface area (Å²) in [6.45, 7) is 4.78. The highest BCUT2D eigenvalue weighted by Crippen LogP contribution is 2.33. The summed E-state index contributed by atoms with van der Waals surface area (Å²) in [5, 5.41) is 9.79. The Balaban J connectivity index is 2.12. The Bertz CT molecular complexity index is 475. The molecule has 1 aromatic rings. The van der Waals surface area contributed by atoms with Crippen LogP contribution in [0.3, 0.4) is 0 Å². The van der Waals surface area contributed by atoms with Crippen molar-refractivity contribution in [3.63, 3.8) is 0 Å². The lowest BCUT2D eigenvalue weighted by molar-refractivity contribution is -0.120. The van der Waals surface area contributed by atoms with Crippen LogP contribution in [0.1, 0.15) is 26.7 Å². The average molecular weight is 245 g/mol. The highest BCUT2D eigenvalue weighted by molar-refractivity contribution is 5.98. The van der Waals surface area contributed by atoms with Gasteiger partial charge in [0.05, 0.1) is 5.69 Å². The van der Waals surface area contributed by atoms with Gasteiger partial charge in [-0.2, -0.15) is 0 Å². The second kappa shape index (κ2) is 5.25. The summed E-state index contributed by atoms with van der Waals surface area (Å²) >= 11 is 0. The molecule has 1 atom stereocenters. The van der Waals surface area contributed by atoms with Crippen molar-refractivity contribution in [3.8, 4) is 5.75 Å². The van der Waals surface area contributed by atoms with Gasteiger partial charge in [0.25, 0.3) is 0 Å². The number of carbonyl (C=O) groups excluding carboxylic acids is 1. The van der Waals surface area contributed by atoms with Crippen LogP contribution < -0.4 is 4.90 Å². The lowest BCUT2D eigenvalue weighted by Crippen LogP contribution is -2.26. The topological polar surface area (TPSA) is 40.5 Å². The van der Waals surface area contributed by atoms with Gasteiger partial charge in [0, 0.05) is 12.5 Å². The van der Waals surface area contributed by atoms with Crippen LogP contribution in [0, 0.1) is 5.92 Å². The van der Waals surface area contributed by atoms with Gasteiger partial charge in [-0.05, 0) is 38.8 Å². The standard InChI is InChI=1S/C15H19NO2/c1-11(2)7-8-12-9-10-16(15(12)18)13-5-3-4-6-14(13)17/h3-7,12,17H,8-10H2,1-2H3. The highest BCUT2D eigenvalue weighted by atomic mass is 16.3. The van der Waals surface area contributed by atoms with Crippen LogP contribution >= 0.6 is 0 Å². The fraction of sp³-hybridized carbons (Fsp3) is 0.400. The maximum atomic E-state index is 12.3. The third-order valence-electron chi connectivity index (χ3n) is 3.30. The Hall–Kier alpha value is -1.77. The van der Waals surface area contributed by atoms with Crippen molar-refractivity contribution >= 4 is 11.6 Å². The van der Waals surface area contributed by atoms with Crippen LogP contribution in [-0.4, -0.2) is 17.6 Å². The minimum absolute atomic E-state index is 0.0551. The Labute approximate surface area is 108 Å². The first-order chi connectivity index (χ1) is 8.59. The molecule has 0 bridgehead atoms. The van der Waals surface area contributed by atoms with E-state index in [0.717, 1.165) is 12.8 Å². The molecule has 18 heavy (non-hydrogen) atoms. The van der Waals surface area contributed by atoms with Crippen LogP contribution in [0.15, 0.2) is 35.9 Å². The summed E-state index contributed by atoms with van der Waals surface area (Å²) in [5.41, 5.74) is 1.87. The van der Waals surface area contributed by atoms with Crippen molar-refractivity contribution in [2.75, 3.05) is 11.4 Å². The third-order valence-corrected chi connectivity index (χ3v) is 3.30. The number of para-hydroxylation sites is 2. The molecular weight excluding hydrogens is 226 g/mol. The number of hydrogen-bond donors (Lipinski definition) is 1. The van der Waals surface area contributed by atoms with Crippen LogP contribution in [0.2, 0.25) is 0 Å². The van der Waals surface area contributed by atoms with Crippen molar-refractivity contribution in [1.82, 2.24) is 0 Å². The summed E-state index contributed by atoms with van der Waals surface area (Å²) in [6.07, 6.45) is 3.76. The fourth-order valence-corrected chi connectivity index (χ4v) is 2.27. The second-order valence-electron chi connectivity index (χ2n) is 4.98. The van der Waals surface area contributed by atoms with Crippen LogP contribution in [0.4, 0.5) is 5.69 Å². The quantitative estimate of drug-likeness (QED) is 0.831. The van der Waals surface area contributed by atoms with Gasteiger partial charge in [-0.1, -0.05) is 23.8 Å². The molecule has 0 spiro atoms. The first-order valence-electron chi connectivity index (χ1n) is 6.32. The molecule has 0 aromatic heterocycles. The zero-order valence-corrected chi connectivity index (χ0v) is 10.9. The molecule has 3 heteroatoms. The van der Waals surface area contributed by atoms with E-state index in [0.29, 0.717) is 12.2 Å². The molecular formula is C15H19NO2. The van der Waals surface area contributed by atoms with E-state index in [1.807, 2.05) is 19.9 Å². The molecule has 1 fully saturated rings. The zero-order chi connectivity index (χ0) is 13.1. The lowest BCUT2D eigenvalue weighted by atomic mass is 10.0. The highest BCUT2D eigenvalue weighted by Gasteiger charge is 2.32. The molecule has 1 amide bonds. The predicted molar refractivity (Wildman–Crippen MR) is 72.6 cm³/mol. The molecule has 1 aliphatic heterocycles. The zero-order valence-electron chi connectivity index (χ0n) is 10.9. The Morgan fingerprint density at radius 1 is 1.44 bits per heavy atom. The average Bonchev–Trinajstić information content (AvgIpc) is 2.69. The van der Waals surface area contributed by atoms with Crippen molar-refractivity contribution in [2.24, 2.45) is 5.92 Å².